The fourth-order valence-corrected chi connectivity index (χ4v) is 5.99. The Labute approximate surface area is 239 Å². The molecule has 1 unspecified atom stereocenters. The average molecular weight is 613 g/mol. The number of benzene rings is 1. The smallest absolute Gasteiger partial charge is 0.411 e. The molecule has 9 atom stereocenters. The van der Waals surface area contributed by atoms with Gasteiger partial charge in [0.2, 0.25) is 0 Å². The van der Waals surface area contributed by atoms with Crippen molar-refractivity contribution in [2.75, 3.05) is 11.9 Å². The molecular weight excluding hydrogens is 570 g/mol. The third kappa shape index (κ3) is 9.18. The molecule has 2 aliphatic rings. The van der Waals surface area contributed by atoms with Crippen LogP contribution >= 0.6 is 15.9 Å². The van der Waals surface area contributed by atoms with E-state index in [1.807, 2.05) is 26.0 Å². The van der Waals surface area contributed by atoms with Crippen molar-refractivity contribution in [1.29, 1.82) is 0 Å². The van der Waals surface area contributed by atoms with Gasteiger partial charge in [-0.05, 0) is 48.9 Å². The summed E-state index contributed by atoms with van der Waals surface area (Å²) in [4.78, 5) is 36.2. The van der Waals surface area contributed by atoms with Crippen molar-refractivity contribution < 1.29 is 38.1 Å². The number of nitrogens with one attached hydrogen (secondary N) is 1. The Morgan fingerprint density at radius 1 is 1.03 bits per heavy atom. The Morgan fingerprint density at radius 3 is 2.33 bits per heavy atom. The number of hydrogen-bond acceptors (Lipinski definition) is 8. The molecule has 0 saturated carbocycles. The molecular formula is C29H42BrNO8. The van der Waals surface area contributed by atoms with E-state index in [1.54, 1.807) is 12.1 Å². The molecule has 1 aromatic rings. The SMILES string of the molecule is CC(=O)O[C@@H]([C@@H](C)[C@@H](CCOC(=O)Nc1ccc(Br)cc1)OC(C)=O)[C@H](C)CC[C@@H]1OC2C[C@H](C)[C@H](O2)[C@@H]1C. The van der Waals surface area contributed by atoms with Crippen LogP contribution in [0.25, 0.3) is 0 Å². The zero-order valence-corrected chi connectivity index (χ0v) is 25.3. The molecule has 2 aliphatic heterocycles. The highest BCUT2D eigenvalue weighted by molar-refractivity contribution is 9.10. The maximum absolute atomic E-state index is 12.2. The molecule has 10 heteroatoms. The van der Waals surface area contributed by atoms with Gasteiger partial charge in [-0.3, -0.25) is 14.9 Å². The van der Waals surface area contributed by atoms with E-state index < -0.39 is 30.2 Å². The summed E-state index contributed by atoms with van der Waals surface area (Å²) in [5, 5.41) is 2.66. The number of fused-ring (bicyclic) bond motifs is 2. The van der Waals surface area contributed by atoms with Crippen LogP contribution in [0.3, 0.4) is 0 Å². The summed E-state index contributed by atoms with van der Waals surface area (Å²) in [6.07, 6.45) is 1.21. The van der Waals surface area contributed by atoms with Crippen molar-refractivity contribution in [2.45, 2.75) is 97.9 Å². The van der Waals surface area contributed by atoms with E-state index in [2.05, 4.69) is 35.1 Å². The molecule has 0 spiro atoms. The largest absolute Gasteiger partial charge is 0.462 e. The third-order valence-corrected chi connectivity index (χ3v) is 8.31. The first-order valence-corrected chi connectivity index (χ1v) is 14.6. The van der Waals surface area contributed by atoms with Gasteiger partial charge in [0, 0.05) is 48.7 Å². The predicted molar refractivity (Wildman–Crippen MR) is 149 cm³/mol. The Morgan fingerprint density at radius 2 is 1.69 bits per heavy atom. The molecule has 1 amide bonds. The van der Waals surface area contributed by atoms with Crippen LogP contribution in [0, 0.1) is 23.7 Å². The first-order valence-electron chi connectivity index (χ1n) is 13.8. The highest BCUT2D eigenvalue weighted by atomic mass is 79.9. The lowest BCUT2D eigenvalue weighted by Crippen LogP contribution is -2.42. The van der Waals surface area contributed by atoms with Gasteiger partial charge in [0.15, 0.2) is 6.29 Å². The van der Waals surface area contributed by atoms with Gasteiger partial charge < -0.3 is 23.7 Å². The van der Waals surface area contributed by atoms with E-state index in [0.717, 1.165) is 23.7 Å². The van der Waals surface area contributed by atoms with Crippen LogP contribution in [0.5, 0.6) is 0 Å². The molecule has 39 heavy (non-hydrogen) atoms. The van der Waals surface area contributed by atoms with Crippen LogP contribution < -0.4 is 5.32 Å². The molecule has 1 aromatic carbocycles. The molecule has 9 nitrogen and oxygen atoms in total. The molecule has 2 saturated heterocycles. The minimum absolute atomic E-state index is 0.0164. The number of amides is 1. The van der Waals surface area contributed by atoms with Gasteiger partial charge in [-0.15, -0.1) is 0 Å². The number of esters is 2. The number of hydrogen-bond donors (Lipinski definition) is 1. The van der Waals surface area contributed by atoms with Crippen molar-refractivity contribution in [3.63, 3.8) is 0 Å². The molecule has 0 aromatic heterocycles. The van der Waals surface area contributed by atoms with E-state index in [9.17, 15) is 14.4 Å². The fraction of sp³-hybridized carbons (Fsp3) is 0.690. The number of halogens is 1. The Balaban J connectivity index is 1.58. The summed E-state index contributed by atoms with van der Waals surface area (Å²) >= 11 is 3.35. The van der Waals surface area contributed by atoms with Crippen molar-refractivity contribution in [2.24, 2.45) is 23.7 Å². The summed E-state index contributed by atoms with van der Waals surface area (Å²) in [5.74, 6) is -0.426. The van der Waals surface area contributed by atoms with Gasteiger partial charge in [-0.1, -0.05) is 43.6 Å². The second-order valence-electron chi connectivity index (χ2n) is 11.0. The normalized spacial score (nSPS) is 27.1. The van der Waals surface area contributed by atoms with Crippen LogP contribution in [-0.2, 0) is 33.3 Å². The quantitative estimate of drug-likeness (QED) is 0.223. The van der Waals surface area contributed by atoms with Crippen molar-refractivity contribution in [1.82, 2.24) is 0 Å². The third-order valence-electron chi connectivity index (χ3n) is 7.78. The summed E-state index contributed by atoms with van der Waals surface area (Å²) < 4.78 is 29.8. The Bertz CT molecular complexity index is 973. The minimum atomic E-state index is -0.607. The molecule has 3 rings (SSSR count). The lowest BCUT2D eigenvalue weighted by Gasteiger charge is -2.37. The maximum Gasteiger partial charge on any atom is 0.411 e. The zero-order chi connectivity index (χ0) is 28.7. The zero-order valence-electron chi connectivity index (χ0n) is 23.7. The standard InChI is InChI=1S/C29H42BrNO8/c1-16(7-12-24-18(3)28-17(2)15-26(38-24)39-28)27(37-21(6)33)19(4)25(36-20(5)32)13-14-35-29(34)31-23-10-8-22(30)9-11-23/h8-11,16-19,24-28H,7,12-15H2,1-6H3,(H,31,34)/t16-,17+,18-,19+,24+,25-,26?,27-,28+/m1/s1. The monoisotopic (exact) mass is 611 g/mol. The molecule has 0 radical (unpaired) electrons. The average Bonchev–Trinajstić information content (AvgIpc) is 3.19. The number of rotatable bonds is 12. The fourth-order valence-electron chi connectivity index (χ4n) is 5.73. The summed E-state index contributed by atoms with van der Waals surface area (Å²) in [7, 11) is 0. The first-order chi connectivity index (χ1) is 18.4. The van der Waals surface area contributed by atoms with Crippen LogP contribution in [-0.4, -0.2) is 55.3 Å². The van der Waals surface area contributed by atoms with Crippen LogP contribution in [0.1, 0.15) is 67.2 Å². The van der Waals surface area contributed by atoms with Crippen molar-refractivity contribution in [3.8, 4) is 0 Å². The number of carbonyl (C=O) groups excluding carboxylic acids is 3. The summed E-state index contributed by atoms with van der Waals surface area (Å²) in [6, 6.07) is 7.11. The molecule has 2 fully saturated rings. The molecule has 2 bridgehead atoms. The minimum Gasteiger partial charge on any atom is -0.462 e. The lowest BCUT2D eigenvalue weighted by atomic mass is 9.82. The first kappa shape index (κ1) is 31.4. The maximum atomic E-state index is 12.2. The topological polar surface area (TPSA) is 109 Å². The van der Waals surface area contributed by atoms with E-state index in [1.165, 1.54) is 13.8 Å². The van der Waals surface area contributed by atoms with Gasteiger partial charge >= 0.3 is 18.0 Å². The van der Waals surface area contributed by atoms with Crippen LogP contribution in [0.15, 0.2) is 28.7 Å². The molecule has 2 heterocycles. The van der Waals surface area contributed by atoms with Gasteiger partial charge in [-0.2, -0.15) is 0 Å². The second kappa shape index (κ2) is 14.5. The van der Waals surface area contributed by atoms with Crippen LogP contribution in [0.2, 0.25) is 0 Å². The van der Waals surface area contributed by atoms with Gasteiger partial charge in [0.1, 0.15) is 12.2 Å². The lowest BCUT2D eigenvalue weighted by molar-refractivity contribution is -0.235. The van der Waals surface area contributed by atoms with E-state index in [0.29, 0.717) is 11.6 Å². The highest BCUT2D eigenvalue weighted by Crippen LogP contribution is 2.41. The Hall–Kier alpha value is -2.17. The molecule has 218 valence electrons. The summed E-state index contributed by atoms with van der Waals surface area (Å²) in [6.45, 7) is 11.1. The van der Waals surface area contributed by atoms with Crippen molar-refractivity contribution >= 4 is 39.6 Å². The van der Waals surface area contributed by atoms with E-state index >= 15 is 0 Å². The number of ether oxygens (including phenoxy) is 5. The van der Waals surface area contributed by atoms with E-state index in [-0.39, 0.29) is 49.3 Å². The number of carbonyl (C=O) groups is 3. The van der Waals surface area contributed by atoms with Crippen LogP contribution in [0.4, 0.5) is 10.5 Å². The van der Waals surface area contributed by atoms with Gasteiger partial charge in [0.25, 0.3) is 0 Å². The second-order valence-corrected chi connectivity index (χ2v) is 11.9. The Kier molecular flexibility index (Phi) is 11.6. The van der Waals surface area contributed by atoms with Gasteiger partial charge in [0.05, 0.1) is 18.8 Å². The van der Waals surface area contributed by atoms with E-state index in [4.69, 9.17) is 23.7 Å². The highest BCUT2D eigenvalue weighted by Gasteiger charge is 2.45. The number of anilines is 1. The predicted octanol–water partition coefficient (Wildman–Crippen LogP) is 6.09. The van der Waals surface area contributed by atoms with Crippen molar-refractivity contribution in [3.05, 3.63) is 28.7 Å². The molecule has 1 N–H and O–H groups in total. The summed E-state index contributed by atoms with van der Waals surface area (Å²) in [5.41, 5.74) is 0.599. The van der Waals surface area contributed by atoms with Gasteiger partial charge in [-0.25, -0.2) is 4.79 Å². The molecule has 0 aliphatic carbocycles.